The van der Waals surface area contributed by atoms with Crippen LogP contribution in [-0.4, -0.2) is 29.2 Å². The van der Waals surface area contributed by atoms with Crippen molar-refractivity contribution in [3.8, 4) is 22.9 Å². The molecule has 7 nitrogen and oxygen atoms in total. The van der Waals surface area contributed by atoms with Crippen molar-refractivity contribution in [3.63, 3.8) is 0 Å². The minimum Gasteiger partial charge on any atom is -0.692 e. The fourth-order valence-corrected chi connectivity index (χ4v) is 5.25. The molecule has 0 bridgehead atoms. The number of methoxy groups -OCH3 is 2. The number of phenols is 1. The van der Waals surface area contributed by atoms with Crippen LogP contribution in [0.5, 0.6) is 17.2 Å². The Kier molecular flexibility index (Phi) is 6.88. The molecule has 0 saturated heterocycles. The van der Waals surface area contributed by atoms with Gasteiger partial charge in [0, 0.05) is 27.5 Å². The highest BCUT2D eigenvalue weighted by Gasteiger charge is 2.34. The van der Waals surface area contributed by atoms with Gasteiger partial charge in [-0.15, -0.1) is 4.85 Å². The Morgan fingerprint density at radius 1 is 0.775 bits per heavy atom. The van der Waals surface area contributed by atoms with E-state index in [1.165, 1.54) is 4.80 Å². The van der Waals surface area contributed by atoms with E-state index in [0.29, 0.717) is 26.5 Å². The maximum absolute atomic E-state index is 13.4. The molecule has 0 saturated carbocycles. The lowest BCUT2D eigenvalue weighted by Gasteiger charge is -2.32. The Labute approximate surface area is 238 Å². The molecule has 0 atom stereocenters. The second kappa shape index (κ2) is 10.1. The predicted octanol–water partition coefficient (Wildman–Crippen LogP) is 6.69. The zero-order valence-corrected chi connectivity index (χ0v) is 24.2. The summed E-state index contributed by atoms with van der Waals surface area (Å²) in [5, 5.41) is 30.2. The van der Waals surface area contributed by atoms with E-state index in [1.807, 2.05) is 74.5 Å². The molecule has 40 heavy (non-hydrogen) atoms. The number of aromatic nitrogens is 3. The second-order valence-electron chi connectivity index (χ2n) is 10.9. The van der Waals surface area contributed by atoms with Gasteiger partial charge in [0.25, 0.3) is 5.52 Å². The molecule has 0 aliphatic rings. The fraction of sp³-hybridized carbons (Fsp3) is 0.250. The summed E-state index contributed by atoms with van der Waals surface area (Å²) >= 11 is 6.18. The van der Waals surface area contributed by atoms with Crippen molar-refractivity contribution < 1.29 is 19.4 Å². The van der Waals surface area contributed by atoms with Crippen molar-refractivity contribution in [2.24, 2.45) is 0 Å². The molecular weight excluding hydrogens is 526 g/mol. The molecule has 206 valence electrons. The van der Waals surface area contributed by atoms with Crippen LogP contribution in [0.15, 0.2) is 78.9 Å². The van der Waals surface area contributed by atoms with Crippen LogP contribution < -0.4 is 14.3 Å². The molecule has 4 aromatic carbocycles. The molecular formula is C32H32ClN3O4. The number of benzene rings is 4. The summed E-state index contributed by atoms with van der Waals surface area (Å²) in [5.74, 6) is 1.48. The fourth-order valence-electron chi connectivity index (χ4n) is 5.08. The van der Waals surface area contributed by atoms with Gasteiger partial charge in [-0.2, -0.15) is 0 Å². The summed E-state index contributed by atoms with van der Waals surface area (Å²) in [6.07, 6.45) is 0. The highest BCUT2D eigenvalue weighted by atomic mass is 35.5. The van der Waals surface area contributed by atoms with Crippen LogP contribution in [0.1, 0.15) is 49.9 Å². The summed E-state index contributed by atoms with van der Waals surface area (Å²) in [5.41, 5.74) is 3.50. The number of rotatable bonds is 7. The first-order valence-electron chi connectivity index (χ1n) is 12.9. The summed E-state index contributed by atoms with van der Waals surface area (Å²) in [6.45, 7) is 8.31. The van der Waals surface area contributed by atoms with E-state index >= 15 is 0 Å². The number of phenolic OH excluding ortho intramolecular Hbond substituents is 1. The third-order valence-electron chi connectivity index (χ3n) is 7.84. The zero-order chi connectivity index (χ0) is 28.8. The number of fused-ring (bicyclic) bond motifs is 1. The summed E-state index contributed by atoms with van der Waals surface area (Å²) < 4.78 is 10.7. The number of aromatic hydroxyl groups is 1. The lowest BCUT2D eigenvalue weighted by atomic mass is 9.72. The zero-order valence-electron chi connectivity index (χ0n) is 23.4. The number of ether oxygens (including phenoxy) is 2. The number of hydrogen-bond acceptors (Lipinski definition) is 5. The van der Waals surface area contributed by atoms with Crippen LogP contribution >= 0.6 is 11.6 Å². The molecule has 0 aliphatic heterocycles. The van der Waals surface area contributed by atoms with Crippen LogP contribution in [0.25, 0.3) is 16.7 Å². The van der Waals surface area contributed by atoms with Gasteiger partial charge < -0.3 is 19.8 Å². The average Bonchev–Trinajstić information content (AvgIpc) is 3.27. The van der Waals surface area contributed by atoms with Crippen LogP contribution in [0.2, 0.25) is 5.02 Å². The van der Waals surface area contributed by atoms with Crippen molar-refractivity contribution in [1.82, 2.24) is 9.90 Å². The van der Waals surface area contributed by atoms with Gasteiger partial charge in [0.1, 0.15) is 11.5 Å². The Morgan fingerprint density at radius 2 is 1.32 bits per heavy atom. The van der Waals surface area contributed by atoms with E-state index in [0.717, 1.165) is 28.2 Å². The van der Waals surface area contributed by atoms with Gasteiger partial charge in [0.05, 0.1) is 19.3 Å². The van der Waals surface area contributed by atoms with Gasteiger partial charge in [-0.25, -0.2) is 0 Å². The number of hydrogen-bond donors (Lipinski definition) is 1. The Balaban J connectivity index is 1.77. The van der Waals surface area contributed by atoms with Crippen LogP contribution in [0.3, 0.4) is 0 Å². The standard InChI is InChI=1S/C32H32ClN3O4/c1-31(2,20-7-12-24(39-5)13-8-20)22-17-26(32(3,4)21-9-14-25(40-6)15-10-21)30(37)29(18-22)35-34-27-19-23(33)11-16-28(27)36(35)38/h7-19,37H,1-6H3. The van der Waals surface area contributed by atoms with Crippen molar-refractivity contribution in [2.45, 2.75) is 38.5 Å². The maximum Gasteiger partial charge on any atom is 0.251 e. The second-order valence-corrected chi connectivity index (χ2v) is 11.3. The lowest BCUT2D eigenvalue weighted by molar-refractivity contribution is -0.664. The van der Waals surface area contributed by atoms with Gasteiger partial charge in [-0.3, -0.25) is 0 Å². The molecule has 1 aromatic heterocycles. The summed E-state index contributed by atoms with van der Waals surface area (Å²) in [4.78, 5) is 1.87. The van der Waals surface area contributed by atoms with Crippen molar-refractivity contribution >= 4 is 22.6 Å². The van der Waals surface area contributed by atoms with Crippen LogP contribution in [-0.2, 0) is 10.8 Å². The topological polar surface area (TPSA) is 83.5 Å². The van der Waals surface area contributed by atoms with Gasteiger partial charge in [0.15, 0.2) is 11.4 Å². The Hall–Kier alpha value is -4.23. The highest BCUT2D eigenvalue weighted by Crippen LogP contribution is 2.44. The largest absolute Gasteiger partial charge is 0.692 e. The maximum atomic E-state index is 13.4. The molecule has 0 amide bonds. The van der Waals surface area contributed by atoms with Gasteiger partial charge >= 0.3 is 0 Å². The molecule has 0 unspecified atom stereocenters. The minimum absolute atomic E-state index is 0.0291. The molecule has 0 fully saturated rings. The summed E-state index contributed by atoms with van der Waals surface area (Å²) in [7, 11) is 3.27. The first-order valence-corrected chi connectivity index (χ1v) is 13.3. The molecule has 0 spiro atoms. The molecule has 1 N–H and O–H groups in total. The van der Waals surface area contributed by atoms with Gasteiger partial charge in [-0.05, 0) is 64.0 Å². The van der Waals surface area contributed by atoms with E-state index < -0.39 is 10.8 Å². The SMILES string of the molecule is COc1ccc(C(C)(C)c2cc(-n3nc4cc(Cl)ccc4[n+]3[O-])c(O)c(C(C)(C)c3ccc(OC)cc3)c2)cc1. The quantitative estimate of drug-likeness (QED) is 0.178. The lowest BCUT2D eigenvalue weighted by Crippen LogP contribution is -2.37. The number of nitrogens with zero attached hydrogens (tertiary/aromatic N) is 3. The molecule has 5 aromatic rings. The predicted molar refractivity (Wildman–Crippen MR) is 157 cm³/mol. The Morgan fingerprint density at radius 3 is 1.88 bits per heavy atom. The van der Waals surface area contributed by atoms with E-state index in [1.54, 1.807) is 32.4 Å². The highest BCUT2D eigenvalue weighted by molar-refractivity contribution is 6.31. The minimum atomic E-state index is -0.638. The monoisotopic (exact) mass is 557 g/mol. The number of halogens is 1. The van der Waals surface area contributed by atoms with Crippen LogP contribution in [0.4, 0.5) is 0 Å². The van der Waals surface area contributed by atoms with E-state index in [9.17, 15) is 10.3 Å². The van der Waals surface area contributed by atoms with E-state index in [-0.39, 0.29) is 11.4 Å². The molecule has 0 radical (unpaired) electrons. The van der Waals surface area contributed by atoms with Gasteiger partial charge in [-0.1, -0.05) is 69.6 Å². The third kappa shape index (κ3) is 4.60. The molecule has 0 aliphatic carbocycles. The third-order valence-corrected chi connectivity index (χ3v) is 8.08. The van der Waals surface area contributed by atoms with E-state index in [4.69, 9.17) is 21.1 Å². The van der Waals surface area contributed by atoms with Crippen molar-refractivity contribution in [3.05, 3.63) is 111 Å². The normalized spacial score (nSPS) is 12.1. The smallest absolute Gasteiger partial charge is 0.251 e. The van der Waals surface area contributed by atoms with Gasteiger partial charge in [0.2, 0.25) is 5.52 Å². The average molecular weight is 558 g/mol. The Bertz CT molecular complexity index is 1690. The first-order chi connectivity index (χ1) is 19.0. The van der Waals surface area contributed by atoms with E-state index in [2.05, 4.69) is 18.9 Å². The first kappa shape index (κ1) is 27.3. The molecule has 5 rings (SSSR count). The molecule has 1 heterocycles. The summed E-state index contributed by atoms with van der Waals surface area (Å²) in [6, 6.07) is 24.4. The van der Waals surface area contributed by atoms with Crippen molar-refractivity contribution in [1.29, 1.82) is 0 Å². The van der Waals surface area contributed by atoms with Crippen LogP contribution in [0, 0.1) is 5.21 Å². The van der Waals surface area contributed by atoms with Crippen molar-refractivity contribution in [2.75, 3.05) is 14.2 Å². The molecule has 8 heteroatoms.